The van der Waals surface area contributed by atoms with Gasteiger partial charge in [0.15, 0.2) is 0 Å². The van der Waals surface area contributed by atoms with Gasteiger partial charge in [-0.1, -0.05) is 28.1 Å². The van der Waals surface area contributed by atoms with Crippen LogP contribution in [0.3, 0.4) is 0 Å². The summed E-state index contributed by atoms with van der Waals surface area (Å²) in [6.07, 6.45) is 0. The molecule has 0 fully saturated rings. The fraction of sp³-hybridized carbons (Fsp3) is 0.0667. The Morgan fingerprint density at radius 3 is 2.76 bits per heavy atom. The van der Waals surface area contributed by atoms with Crippen molar-refractivity contribution in [3.05, 3.63) is 68.9 Å². The highest BCUT2D eigenvalue weighted by molar-refractivity contribution is 9.10. The topological polar surface area (TPSA) is 34.9 Å². The molecular weight excluding hydrogens is 359 g/mol. The van der Waals surface area contributed by atoms with E-state index in [0.29, 0.717) is 21.2 Å². The molecule has 0 saturated carbocycles. The van der Waals surface area contributed by atoms with Crippen LogP contribution in [-0.4, -0.2) is 9.55 Å². The van der Waals surface area contributed by atoms with Crippen molar-refractivity contribution in [3.8, 4) is 5.69 Å². The van der Waals surface area contributed by atoms with E-state index in [1.165, 1.54) is 16.7 Å². The second-order valence-electron chi connectivity index (χ2n) is 4.42. The Morgan fingerprint density at radius 2 is 2.00 bits per heavy atom. The zero-order valence-electron chi connectivity index (χ0n) is 10.7. The Labute approximate surface area is 133 Å². The Bertz CT molecular complexity index is 894. The predicted molar refractivity (Wildman–Crippen MR) is 84.6 cm³/mol. The van der Waals surface area contributed by atoms with Gasteiger partial charge in [-0.25, -0.2) is 9.37 Å². The minimum Gasteiger partial charge on any atom is -0.268 e. The molecule has 0 spiro atoms. The molecule has 1 aromatic heterocycles. The lowest BCUT2D eigenvalue weighted by Crippen LogP contribution is -2.24. The monoisotopic (exact) mass is 366 g/mol. The summed E-state index contributed by atoms with van der Waals surface area (Å²) in [5.41, 5.74) is 0.335. The maximum absolute atomic E-state index is 14.1. The normalized spacial score (nSPS) is 11.0. The van der Waals surface area contributed by atoms with E-state index in [2.05, 4.69) is 20.9 Å². The van der Waals surface area contributed by atoms with Crippen molar-refractivity contribution in [2.45, 2.75) is 5.88 Å². The molecule has 0 radical (unpaired) electrons. The lowest BCUT2D eigenvalue weighted by Gasteiger charge is -2.13. The third kappa shape index (κ3) is 2.47. The fourth-order valence-electron chi connectivity index (χ4n) is 2.17. The highest BCUT2D eigenvalue weighted by Gasteiger charge is 2.15. The first-order valence-electron chi connectivity index (χ1n) is 6.14. The highest BCUT2D eigenvalue weighted by atomic mass is 79.9. The minimum absolute atomic E-state index is 0.00598. The van der Waals surface area contributed by atoms with Crippen molar-refractivity contribution in [1.29, 1.82) is 0 Å². The Kier molecular flexibility index (Phi) is 3.78. The van der Waals surface area contributed by atoms with Crippen molar-refractivity contribution in [1.82, 2.24) is 9.55 Å². The molecule has 3 nitrogen and oxygen atoms in total. The summed E-state index contributed by atoms with van der Waals surface area (Å²) in [4.78, 5) is 17.0. The maximum atomic E-state index is 14.1. The predicted octanol–water partition coefficient (Wildman–Crippen LogP) is 4.03. The summed E-state index contributed by atoms with van der Waals surface area (Å²) >= 11 is 9.17. The maximum Gasteiger partial charge on any atom is 0.266 e. The fourth-order valence-corrected chi connectivity index (χ4v) is 2.70. The minimum atomic E-state index is -0.510. The van der Waals surface area contributed by atoms with Gasteiger partial charge in [0, 0.05) is 4.47 Å². The molecule has 3 rings (SSSR count). The van der Waals surface area contributed by atoms with Gasteiger partial charge < -0.3 is 0 Å². The van der Waals surface area contributed by atoms with E-state index in [4.69, 9.17) is 11.6 Å². The van der Waals surface area contributed by atoms with Crippen LogP contribution in [0.1, 0.15) is 5.82 Å². The van der Waals surface area contributed by atoms with Gasteiger partial charge >= 0.3 is 0 Å². The number of hydrogen-bond acceptors (Lipinski definition) is 2. The van der Waals surface area contributed by atoms with E-state index in [0.717, 1.165) is 0 Å². The molecule has 21 heavy (non-hydrogen) atoms. The first-order valence-corrected chi connectivity index (χ1v) is 7.46. The third-order valence-electron chi connectivity index (χ3n) is 3.11. The molecule has 106 valence electrons. The van der Waals surface area contributed by atoms with Crippen LogP contribution in [0.2, 0.25) is 0 Å². The molecule has 0 bridgehead atoms. The van der Waals surface area contributed by atoms with Crippen LogP contribution in [0, 0.1) is 5.82 Å². The van der Waals surface area contributed by atoms with Crippen LogP contribution >= 0.6 is 27.5 Å². The molecule has 0 saturated heterocycles. The molecule has 1 heterocycles. The Morgan fingerprint density at radius 1 is 1.24 bits per heavy atom. The molecule has 0 aliphatic rings. The van der Waals surface area contributed by atoms with Crippen LogP contribution < -0.4 is 5.56 Å². The second kappa shape index (κ2) is 5.58. The summed E-state index contributed by atoms with van der Waals surface area (Å²) in [6.45, 7) is 0. The number of benzene rings is 2. The van der Waals surface area contributed by atoms with Gasteiger partial charge in [-0.05, 0) is 30.3 Å². The van der Waals surface area contributed by atoms with Crippen molar-refractivity contribution in [3.63, 3.8) is 0 Å². The van der Waals surface area contributed by atoms with Crippen LogP contribution in [0.4, 0.5) is 4.39 Å². The lowest BCUT2D eigenvalue weighted by atomic mass is 10.2. The van der Waals surface area contributed by atoms with E-state index in [1.54, 1.807) is 30.3 Å². The van der Waals surface area contributed by atoms with Crippen LogP contribution in [0.15, 0.2) is 51.7 Å². The van der Waals surface area contributed by atoms with Gasteiger partial charge in [0.2, 0.25) is 0 Å². The first kappa shape index (κ1) is 14.2. The zero-order chi connectivity index (χ0) is 15.0. The van der Waals surface area contributed by atoms with Crippen molar-refractivity contribution in [2.75, 3.05) is 0 Å². The summed E-state index contributed by atoms with van der Waals surface area (Å²) in [7, 11) is 0. The molecule has 0 N–H and O–H groups in total. The van der Waals surface area contributed by atoms with Gasteiger partial charge in [-0.3, -0.25) is 9.36 Å². The SMILES string of the molecule is O=c1c2ccccc2nc(CCl)n1-c1cc(Br)ccc1F. The van der Waals surface area contributed by atoms with E-state index >= 15 is 0 Å². The van der Waals surface area contributed by atoms with Gasteiger partial charge in [-0.15, -0.1) is 11.6 Å². The lowest BCUT2D eigenvalue weighted by molar-refractivity contribution is 0.612. The molecule has 0 aliphatic carbocycles. The van der Waals surface area contributed by atoms with E-state index in [-0.39, 0.29) is 17.1 Å². The number of rotatable bonds is 2. The van der Waals surface area contributed by atoms with Gasteiger partial charge in [-0.2, -0.15) is 0 Å². The van der Waals surface area contributed by atoms with E-state index < -0.39 is 5.82 Å². The third-order valence-corrected chi connectivity index (χ3v) is 3.85. The quantitative estimate of drug-likeness (QED) is 0.641. The summed E-state index contributed by atoms with van der Waals surface area (Å²) < 4.78 is 16.0. The number of alkyl halides is 1. The standard InChI is InChI=1S/C15H9BrClFN2O/c16-9-5-6-11(18)13(7-9)20-14(8-17)19-12-4-2-1-3-10(12)15(20)21/h1-7H,8H2. The average molecular weight is 368 g/mol. The van der Waals surface area contributed by atoms with Crippen LogP contribution in [-0.2, 0) is 5.88 Å². The number of nitrogens with zero attached hydrogens (tertiary/aromatic N) is 2. The molecule has 0 amide bonds. The zero-order valence-corrected chi connectivity index (χ0v) is 13.0. The number of para-hydroxylation sites is 1. The number of halogens is 3. The van der Waals surface area contributed by atoms with Crippen LogP contribution in [0.25, 0.3) is 16.6 Å². The Hall–Kier alpha value is -1.72. The summed E-state index contributed by atoms with van der Waals surface area (Å²) in [5, 5.41) is 0.422. The highest BCUT2D eigenvalue weighted by Crippen LogP contribution is 2.21. The largest absolute Gasteiger partial charge is 0.268 e. The molecule has 3 aromatic rings. The molecule has 0 unspecified atom stereocenters. The molecule has 6 heteroatoms. The second-order valence-corrected chi connectivity index (χ2v) is 5.60. The van der Waals surface area contributed by atoms with Crippen LogP contribution in [0.5, 0.6) is 0 Å². The van der Waals surface area contributed by atoms with Crippen molar-refractivity contribution >= 4 is 38.4 Å². The molecule has 0 aliphatic heterocycles. The number of aromatic nitrogens is 2. The average Bonchev–Trinajstić information content (AvgIpc) is 2.50. The van der Waals surface area contributed by atoms with Crippen molar-refractivity contribution in [2.24, 2.45) is 0 Å². The van der Waals surface area contributed by atoms with Gasteiger partial charge in [0.1, 0.15) is 11.6 Å². The summed E-state index contributed by atoms with van der Waals surface area (Å²) in [6, 6.07) is 11.3. The Balaban J connectivity index is 2.44. The van der Waals surface area contributed by atoms with Gasteiger partial charge in [0.05, 0.1) is 22.5 Å². The van der Waals surface area contributed by atoms with Gasteiger partial charge in [0.25, 0.3) is 5.56 Å². The first-order chi connectivity index (χ1) is 10.1. The molecule has 2 aromatic carbocycles. The summed E-state index contributed by atoms with van der Waals surface area (Å²) in [5.74, 6) is -0.201. The van der Waals surface area contributed by atoms with E-state index in [9.17, 15) is 9.18 Å². The van der Waals surface area contributed by atoms with E-state index in [1.807, 2.05) is 0 Å². The number of hydrogen-bond donors (Lipinski definition) is 0. The smallest absolute Gasteiger partial charge is 0.266 e. The van der Waals surface area contributed by atoms with Crippen molar-refractivity contribution < 1.29 is 4.39 Å². The molecule has 0 atom stereocenters. The number of fused-ring (bicyclic) bond motifs is 1. The molecular formula is C15H9BrClFN2O.